The van der Waals surface area contributed by atoms with Crippen molar-refractivity contribution < 1.29 is 13.9 Å². The Labute approximate surface area is 158 Å². The Hall–Kier alpha value is -2.41. The highest BCUT2D eigenvalue weighted by Gasteiger charge is 2.39. The molecule has 0 spiro atoms. The molecule has 0 amide bonds. The van der Waals surface area contributed by atoms with Crippen molar-refractivity contribution in [2.45, 2.75) is 38.0 Å². The monoisotopic (exact) mass is 372 g/mol. The maximum atomic E-state index is 13.1. The van der Waals surface area contributed by atoms with Crippen LogP contribution in [0.25, 0.3) is 0 Å². The highest BCUT2D eigenvalue weighted by Crippen LogP contribution is 2.30. The third-order valence-electron chi connectivity index (χ3n) is 5.59. The van der Waals surface area contributed by atoms with Gasteiger partial charge in [0.1, 0.15) is 17.6 Å². The fourth-order valence-electron chi connectivity index (χ4n) is 4.16. The smallest absolute Gasteiger partial charge is 0.225 e. The molecular weight excluding hydrogens is 347 g/mol. The molecule has 1 aromatic carbocycles. The summed E-state index contributed by atoms with van der Waals surface area (Å²) in [6, 6.07) is 8.47. The first-order valence-corrected chi connectivity index (χ1v) is 9.43. The molecule has 0 aliphatic carbocycles. The number of nitrogens with zero attached hydrogens (tertiary/aromatic N) is 4. The predicted octanol–water partition coefficient (Wildman–Crippen LogP) is 2.74. The van der Waals surface area contributed by atoms with Crippen LogP contribution in [0.1, 0.15) is 19.8 Å². The Kier molecular flexibility index (Phi) is 5.11. The quantitative estimate of drug-likeness (QED) is 0.823. The number of rotatable bonds is 4. The van der Waals surface area contributed by atoms with Crippen molar-refractivity contribution in [2.75, 3.05) is 31.6 Å². The molecule has 3 heterocycles. The summed E-state index contributed by atoms with van der Waals surface area (Å²) in [6.45, 7) is 4.88. The summed E-state index contributed by atoms with van der Waals surface area (Å²) in [5.74, 6) is 1.92. The van der Waals surface area contributed by atoms with Crippen LogP contribution in [-0.2, 0) is 0 Å². The van der Waals surface area contributed by atoms with Crippen LogP contribution in [-0.4, -0.2) is 59.8 Å². The fourth-order valence-corrected chi connectivity index (χ4v) is 4.16. The third kappa shape index (κ3) is 3.83. The van der Waals surface area contributed by atoms with Crippen molar-refractivity contribution in [3.63, 3.8) is 0 Å². The zero-order valence-corrected chi connectivity index (χ0v) is 15.7. The van der Waals surface area contributed by atoms with Crippen molar-refractivity contribution in [3.8, 4) is 11.5 Å². The molecule has 0 saturated carbocycles. The Morgan fingerprint density at radius 1 is 1.04 bits per heavy atom. The lowest BCUT2D eigenvalue weighted by Gasteiger charge is -2.50. The van der Waals surface area contributed by atoms with E-state index < -0.39 is 5.82 Å². The molecule has 2 fully saturated rings. The Morgan fingerprint density at radius 3 is 2.44 bits per heavy atom. The second kappa shape index (κ2) is 7.68. The van der Waals surface area contributed by atoms with Gasteiger partial charge >= 0.3 is 0 Å². The minimum absolute atomic E-state index is 0.190. The van der Waals surface area contributed by atoms with Gasteiger partial charge in [0.05, 0.1) is 19.5 Å². The van der Waals surface area contributed by atoms with E-state index >= 15 is 0 Å². The summed E-state index contributed by atoms with van der Waals surface area (Å²) in [7, 11) is 1.66. The first-order valence-electron chi connectivity index (χ1n) is 9.43. The molecule has 27 heavy (non-hydrogen) atoms. The molecule has 2 aliphatic rings. The molecule has 1 aromatic heterocycles. The molecule has 1 unspecified atom stereocenters. The molecule has 4 rings (SSSR count). The van der Waals surface area contributed by atoms with Crippen molar-refractivity contribution in [3.05, 3.63) is 42.5 Å². The van der Waals surface area contributed by atoms with E-state index in [9.17, 15) is 4.39 Å². The molecule has 0 radical (unpaired) electrons. The fraction of sp³-hybridized carbons (Fsp3) is 0.500. The summed E-state index contributed by atoms with van der Waals surface area (Å²) in [4.78, 5) is 13.0. The zero-order valence-electron chi connectivity index (χ0n) is 15.7. The molecule has 7 heteroatoms. The number of hydrogen-bond donors (Lipinski definition) is 0. The van der Waals surface area contributed by atoms with Gasteiger partial charge < -0.3 is 14.4 Å². The van der Waals surface area contributed by atoms with E-state index in [2.05, 4.69) is 26.7 Å². The lowest BCUT2D eigenvalue weighted by atomic mass is 9.92. The molecule has 3 atom stereocenters. The maximum Gasteiger partial charge on any atom is 0.225 e. The van der Waals surface area contributed by atoms with E-state index in [4.69, 9.17) is 9.47 Å². The Balaban J connectivity index is 1.38. The summed E-state index contributed by atoms with van der Waals surface area (Å²) >= 11 is 0. The number of aromatic nitrogens is 2. The second-order valence-electron chi connectivity index (χ2n) is 7.19. The predicted molar refractivity (Wildman–Crippen MR) is 101 cm³/mol. The van der Waals surface area contributed by atoms with Crippen LogP contribution in [0, 0.1) is 5.82 Å². The molecular formula is C20H25FN4O2. The number of piperidine rings is 1. The number of methoxy groups -OCH3 is 1. The molecule has 0 bridgehead atoms. The third-order valence-corrected chi connectivity index (χ3v) is 5.59. The number of hydrogen-bond acceptors (Lipinski definition) is 6. The minimum Gasteiger partial charge on any atom is -0.497 e. The first-order chi connectivity index (χ1) is 13.1. The zero-order chi connectivity index (χ0) is 18.8. The van der Waals surface area contributed by atoms with Gasteiger partial charge in [-0.15, -0.1) is 0 Å². The highest BCUT2D eigenvalue weighted by molar-refractivity contribution is 5.33. The number of ether oxygens (including phenoxy) is 2. The number of halogens is 1. The van der Waals surface area contributed by atoms with Gasteiger partial charge in [-0.05, 0) is 44.0 Å². The molecule has 0 N–H and O–H groups in total. The second-order valence-corrected chi connectivity index (χ2v) is 7.19. The molecule has 2 aliphatic heterocycles. The number of fused-ring (bicyclic) bond motifs is 1. The van der Waals surface area contributed by atoms with Crippen LogP contribution in [0.4, 0.5) is 10.3 Å². The summed E-state index contributed by atoms with van der Waals surface area (Å²) < 4.78 is 24.5. The van der Waals surface area contributed by atoms with Crippen LogP contribution < -0.4 is 14.4 Å². The molecule has 2 saturated heterocycles. The lowest BCUT2D eigenvalue weighted by molar-refractivity contribution is 0.0286. The van der Waals surface area contributed by atoms with Gasteiger partial charge in [-0.25, -0.2) is 14.4 Å². The van der Waals surface area contributed by atoms with E-state index in [-0.39, 0.29) is 12.1 Å². The van der Waals surface area contributed by atoms with Crippen LogP contribution >= 0.6 is 0 Å². The standard InChI is InChI=1S/C20H25FN4O2/c1-14-19-8-7-18(27-17-5-3-16(26-2)4-6-17)13-24(19)9-10-25(14)20-22-11-15(21)12-23-20/h3-6,11-12,14,18-19H,7-10,13H2,1-2H3/t14?,18-,19-/m0/s1. The van der Waals surface area contributed by atoms with Crippen LogP contribution in [0.2, 0.25) is 0 Å². The van der Waals surface area contributed by atoms with Crippen LogP contribution in [0.5, 0.6) is 11.5 Å². The number of anilines is 1. The topological polar surface area (TPSA) is 50.7 Å². The van der Waals surface area contributed by atoms with Crippen molar-refractivity contribution in [1.29, 1.82) is 0 Å². The van der Waals surface area contributed by atoms with Crippen LogP contribution in [0.15, 0.2) is 36.7 Å². The largest absolute Gasteiger partial charge is 0.497 e. The van der Waals surface area contributed by atoms with Gasteiger partial charge in [0.2, 0.25) is 5.95 Å². The average Bonchev–Trinajstić information content (AvgIpc) is 2.70. The Morgan fingerprint density at radius 2 is 1.74 bits per heavy atom. The summed E-state index contributed by atoms with van der Waals surface area (Å²) in [6.07, 6.45) is 4.73. The van der Waals surface area contributed by atoms with Gasteiger partial charge in [0.25, 0.3) is 0 Å². The van der Waals surface area contributed by atoms with Crippen molar-refractivity contribution in [1.82, 2.24) is 14.9 Å². The van der Waals surface area contributed by atoms with Crippen molar-refractivity contribution >= 4 is 5.95 Å². The van der Waals surface area contributed by atoms with Gasteiger partial charge in [-0.1, -0.05) is 0 Å². The lowest BCUT2D eigenvalue weighted by Crippen LogP contribution is -2.62. The normalized spacial score (nSPS) is 25.7. The average molecular weight is 372 g/mol. The maximum absolute atomic E-state index is 13.1. The van der Waals surface area contributed by atoms with E-state index in [0.717, 1.165) is 44.0 Å². The van der Waals surface area contributed by atoms with Gasteiger partial charge in [0.15, 0.2) is 5.82 Å². The first kappa shape index (κ1) is 18.0. The molecule has 6 nitrogen and oxygen atoms in total. The van der Waals surface area contributed by atoms with Gasteiger partial charge in [-0.2, -0.15) is 0 Å². The van der Waals surface area contributed by atoms with Crippen LogP contribution in [0.3, 0.4) is 0 Å². The van der Waals surface area contributed by atoms with Gasteiger partial charge in [0, 0.05) is 31.7 Å². The molecule has 144 valence electrons. The van der Waals surface area contributed by atoms with Crippen molar-refractivity contribution in [2.24, 2.45) is 0 Å². The van der Waals surface area contributed by atoms with E-state index in [1.807, 2.05) is 24.3 Å². The SMILES string of the molecule is COc1ccc(O[C@H]2CC[C@H]3C(C)N(c4ncc(F)cn4)CCN3C2)cc1. The number of piperazine rings is 1. The summed E-state index contributed by atoms with van der Waals surface area (Å²) in [5.41, 5.74) is 0. The highest BCUT2D eigenvalue weighted by atomic mass is 19.1. The van der Waals surface area contributed by atoms with E-state index in [1.165, 1.54) is 12.4 Å². The van der Waals surface area contributed by atoms with Gasteiger partial charge in [-0.3, -0.25) is 4.90 Å². The number of benzene rings is 1. The van der Waals surface area contributed by atoms with E-state index in [0.29, 0.717) is 12.0 Å². The Bertz CT molecular complexity index is 756. The van der Waals surface area contributed by atoms with E-state index in [1.54, 1.807) is 7.11 Å². The minimum atomic E-state index is -0.402. The molecule has 2 aromatic rings. The summed E-state index contributed by atoms with van der Waals surface area (Å²) in [5, 5.41) is 0.